The molecule has 8 heteroatoms. The minimum atomic E-state index is 0.196. The summed E-state index contributed by atoms with van der Waals surface area (Å²) in [6, 6.07) is 22.9. The maximum Gasteiger partial charge on any atom is 0.227 e. The summed E-state index contributed by atoms with van der Waals surface area (Å²) in [6.07, 6.45) is 4.51. The minimum Gasteiger partial charge on any atom is -0.323 e. The van der Waals surface area contributed by atoms with Crippen LogP contribution in [0.25, 0.3) is 33.5 Å². The van der Waals surface area contributed by atoms with Crippen LogP contribution >= 0.6 is 0 Å². The van der Waals surface area contributed by atoms with Crippen molar-refractivity contribution in [2.75, 3.05) is 11.4 Å². The van der Waals surface area contributed by atoms with Crippen LogP contribution in [0.1, 0.15) is 44.0 Å². The second kappa shape index (κ2) is 9.97. The van der Waals surface area contributed by atoms with Crippen LogP contribution in [0, 0.1) is 0 Å². The first-order valence-corrected chi connectivity index (χ1v) is 12.9. The van der Waals surface area contributed by atoms with Crippen molar-refractivity contribution in [2.45, 2.75) is 45.6 Å². The molecule has 8 nitrogen and oxygen atoms in total. The van der Waals surface area contributed by atoms with Gasteiger partial charge in [-0.15, -0.1) is 10.2 Å². The maximum absolute atomic E-state index is 12.7. The summed E-state index contributed by atoms with van der Waals surface area (Å²) in [5.41, 5.74) is 7.22. The maximum atomic E-state index is 12.7. The Hall–Kier alpha value is -4.33. The number of nitrogens with zero attached hydrogens (tertiary/aromatic N) is 6. The van der Waals surface area contributed by atoms with Gasteiger partial charge in [0.25, 0.3) is 0 Å². The van der Waals surface area contributed by atoms with Crippen molar-refractivity contribution in [3.05, 3.63) is 78.1 Å². The number of carbonyl (C=O) groups is 1. The van der Waals surface area contributed by atoms with E-state index in [9.17, 15) is 4.79 Å². The Bertz CT molecular complexity index is 1540. The molecule has 0 bridgehead atoms. The third kappa shape index (κ3) is 4.39. The average molecular weight is 492 g/mol. The molecule has 3 heterocycles. The lowest BCUT2D eigenvalue weighted by molar-refractivity contribution is -0.119. The monoisotopic (exact) mass is 491 g/mol. The summed E-state index contributed by atoms with van der Waals surface area (Å²) in [5.74, 6) is 1.83. The summed E-state index contributed by atoms with van der Waals surface area (Å²) >= 11 is 0. The number of H-pyrrole nitrogens is 1. The van der Waals surface area contributed by atoms with Crippen molar-refractivity contribution in [1.29, 1.82) is 0 Å². The first-order chi connectivity index (χ1) is 18.2. The Kier molecular flexibility index (Phi) is 6.22. The van der Waals surface area contributed by atoms with Crippen molar-refractivity contribution < 1.29 is 4.79 Å². The molecular weight excluding hydrogens is 462 g/mol. The zero-order valence-corrected chi connectivity index (χ0v) is 20.9. The Labute approximate surface area is 215 Å². The lowest BCUT2D eigenvalue weighted by Crippen LogP contribution is -2.35. The number of rotatable bonds is 7. The predicted octanol–water partition coefficient (Wildman–Crippen LogP) is 5.40. The number of aromatic amines is 1. The first-order valence-electron chi connectivity index (χ1n) is 12.9. The minimum absolute atomic E-state index is 0.196. The standard InChI is InChI=1S/C29H29N7O/c1-2-8-26-30-28-24(35-18-6-5-13-27(35)37)11-7-12-25(28)36(26)19-20-14-16-21(17-15-20)22-9-3-4-10-23(22)29-31-33-34-32-29/h3-4,7,9-12,14-17H,2,5-6,8,13,18-19H2,1H3,(H,31,32,33,34). The normalized spacial score (nSPS) is 14.0. The molecule has 1 fully saturated rings. The lowest BCUT2D eigenvalue weighted by Gasteiger charge is -2.27. The van der Waals surface area contributed by atoms with Crippen LogP contribution in [0.5, 0.6) is 0 Å². The van der Waals surface area contributed by atoms with E-state index in [1.54, 1.807) is 0 Å². The number of imidazole rings is 1. The summed E-state index contributed by atoms with van der Waals surface area (Å²) in [5, 5.41) is 14.6. The van der Waals surface area contributed by atoms with E-state index in [2.05, 4.69) is 68.5 Å². The highest BCUT2D eigenvalue weighted by Gasteiger charge is 2.24. The fourth-order valence-corrected chi connectivity index (χ4v) is 5.23. The fourth-order valence-electron chi connectivity index (χ4n) is 5.23. The van der Waals surface area contributed by atoms with Crippen LogP contribution in [0.2, 0.25) is 0 Å². The van der Waals surface area contributed by atoms with E-state index in [1.807, 2.05) is 35.2 Å². The number of hydrogen-bond acceptors (Lipinski definition) is 5. The second-order valence-electron chi connectivity index (χ2n) is 9.49. The van der Waals surface area contributed by atoms with E-state index >= 15 is 0 Å². The highest BCUT2D eigenvalue weighted by atomic mass is 16.2. The molecule has 0 radical (unpaired) electrons. The number of aromatic nitrogens is 6. The van der Waals surface area contributed by atoms with Crippen molar-refractivity contribution in [1.82, 2.24) is 30.2 Å². The van der Waals surface area contributed by atoms with E-state index in [0.717, 1.165) is 78.0 Å². The van der Waals surface area contributed by atoms with Gasteiger partial charge in [-0.05, 0) is 53.3 Å². The molecule has 0 saturated carbocycles. The molecule has 2 aromatic heterocycles. The van der Waals surface area contributed by atoms with Gasteiger partial charge in [0.15, 0.2) is 0 Å². The molecule has 1 aliphatic rings. The predicted molar refractivity (Wildman–Crippen MR) is 144 cm³/mol. The molecule has 186 valence electrons. The number of piperidine rings is 1. The molecule has 37 heavy (non-hydrogen) atoms. The van der Waals surface area contributed by atoms with Crippen molar-refractivity contribution in [3.63, 3.8) is 0 Å². The van der Waals surface area contributed by atoms with E-state index in [-0.39, 0.29) is 5.91 Å². The molecule has 5 aromatic rings. The third-order valence-electron chi connectivity index (χ3n) is 7.04. The number of tetrazole rings is 1. The number of nitrogens with one attached hydrogen (secondary N) is 1. The number of fused-ring (bicyclic) bond motifs is 1. The van der Waals surface area contributed by atoms with Crippen LogP contribution in [0.4, 0.5) is 5.69 Å². The largest absolute Gasteiger partial charge is 0.323 e. The van der Waals surface area contributed by atoms with Gasteiger partial charge in [-0.1, -0.05) is 61.5 Å². The van der Waals surface area contributed by atoms with Crippen LogP contribution in [0.3, 0.4) is 0 Å². The molecule has 0 unspecified atom stereocenters. The van der Waals surface area contributed by atoms with Gasteiger partial charge in [-0.3, -0.25) is 4.79 Å². The van der Waals surface area contributed by atoms with Gasteiger partial charge in [0.05, 0.1) is 11.2 Å². The van der Waals surface area contributed by atoms with Crippen LogP contribution < -0.4 is 4.90 Å². The molecular formula is C29H29N7O. The summed E-state index contributed by atoms with van der Waals surface area (Å²) in [4.78, 5) is 19.7. The Balaban J connectivity index is 1.34. The number of hydrogen-bond donors (Lipinski definition) is 1. The van der Waals surface area contributed by atoms with E-state index in [1.165, 1.54) is 5.56 Å². The molecule has 1 N–H and O–H groups in total. The SMILES string of the molecule is CCCc1nc2c(N3CCCCC3=O)cccc2n1Cc1ccc(-c2ccccc2-c2nn[nH]n2)cc1. The van der Waals surface area contributed by atoms with Crippen LogP contribution in [-0.4, -0.2) is 42.6 Å². The number of para-hydroxylation sites is 1. The van der Waals surface area contributed by atoms with E-state index in [4.69, 9.17) is 4.98 Å². The summed E-state index contributed by atoms with van der Waals surface area (Å²) in [7, 11) is 0. The van der Waals surface area contributed by atoms with Crippen molar-refractivity contribution in [3.8, 4) is 22.5 Å². The Morgan fingerprint density at radius 1 is 0.946 bits per heavy atom. The van der Waals surface area contributed by atoms with Crippen LogP contribution in [-0.2, 0) is 17.8 Å². The lowest BCUT2D eigenvalue weighted by atomic mass is 9.98. The number of amides is 1. The summed E-state index contributed by atoms with van der Waals surface area (Å²) in [6.45, 7) is 3.66. The smallest absolute Gasteiger partial charge is 0.227 e. The van der Waals surface area contributed by atoms with E-state index < -0.39 is 0 Å². The fraction of sp³-hybridized carbons (Fsp3) is 0.276. The molecule has 1 saturated heterocycles. The highest BCUT2D eigenvalue weighted by molar-refractivity contribution is 6.02. The van der Waals surface area contributed by atoms with Gasteiger partial charge in [0, 0.05) is 31.5 Å². The average Bonchev–Trinajstić information content (AvgIpc) is 3.59. The second-order valence-corrected chi connectivity index (χ2v) is 9.49. The highest BCUT2D eigenvalue weighted by Crippen LogP contribution is 2.32. The molecule has 3 aromatic carbocycles. The number of carbonyl (C=O) groups excluding carboxylic acids is 1. The molecule has 6 rings (SSSR count). The number of aryl methyl sites for hydroxylation is 1. The topological polar surface area (TPSA) is 92.6 Å². The molecule has 1 amide bonds. The van der Waals surface area contributed by atoms with Gasteiger partial charge >= 0.3 is 0 Å². The number of benzene rings is 3. The zero-order chi connectivity index (χ0) is 25.2. The molecule has 1 aliphatic heterocycles. The van der Waals surface area contributed by atoms with Gasteiger partial charge in [-0.2, -0.15) is 5.21 Å². The van der Waals surface area contributed by atoms with Gasteiger partial charge in [0.1, 0.15) is 11.3 Å². The van der Waals surface area contributed by atoms with Crippen molar-refractivity contribution in [2.24, 2.45) is 0 Å². The molecule has 0 atom stereocenters. The quantitative estimate of drug-likeness (QED) is 0.329. The van der Waals surface area contributed by atoms with Crippen LogP contribution in [0.15, 0.2) is 66.7 Å². The first kappa shape index (κ1) is 23.1. The zero-order valence-electron chi connectivity index (χ0n) is 20.9. The van der Waals surface area contributed by atoms with Gasteiger partial charge in [-0.25, -0.2) is 4.98 Å². The summed E-state index contributed by atoms with van der Waals surface area (Å²) < 4.78 is 2.30. The molecule has 0 spiro atoms. The Morgan fingerprint density at radius 3 is 2.54 bits per heavy atom. The van der Waals surface area contributed by atoms with E-state index in [0.29, 0.717) is 12.2 Å². The van der Waals surface area contributed by atoms with Gasteiger partial charge in [0.2, 0.25) is 11.7 Å². The number of anilines is 1. The van der Waals surface area contributed by atoms with Gasteiger partial charge < -0.3 is 9.47 Å². The third-order valence-corrected chi connectivity index (χ3v) is 7.04. The Morgan fingerprint density at radius 2 is 1.78 bits per heavy atom. The molecule has 0 aliphatic carbocycles. The van der Waals surface area contributed by atoms with Crippen molar-refractivity contribution >= 4 is 22.6 Å².